The first-order valence-corrected chi connectivity index (χ1v) is 9.62. The van der Waals surface area contributed by atoms with Crippen molar-refractivity contribution in [3.05, 3.63) is 42.5 Å². The summed E-state index contributed by atoms with van der Waals surface area (Å²) in [5.41, 5.74) is 1.20. The normalized spacial score (nSPS) is 15.9. The van der Waals surface area contributed by atoms with Gasteiger partial charge in [0.2, 0.25) is 11.8 Å². The molecule has 2 aromatic rings. The minimum atomic E-state index is -0.474. The van der Waals surface area contributed by atoms with Crippen LogP contribution in [0.5, 0.6) is 17.2 Å². The second-order valence-electron chi connectivity index (χ2n) is 6.78. The van der Waals surface area contributed by atoms with Crippen LogP contribution in [0.2, 0.25) is 0 Å². The van der Waals surface area contributed by atoms with Crippen LogP contribution in [0.3, 0.4) is 0 Å². The Balaban J connectivity index is 1.75. The standard InChI is InChI=1S/C22H26N2O5/c1-4-11-29-19-8-6-5-7-17(19)23-22(26)15-12-21(25)24(14-15)18-13-16(27-2)9-10-20(18)28-3/h5-10,13,15H,4,11-12,14H2,1-3H3,(H,23,26). The molecule has 0 spiro atoms. The molecule has 1 atom stereocenters. The highest BCUT2D eigenvalue weighted by molar-refractivity contribution is 6.04. The molecule has 7 nitrogen and oxygen atoms in total. The number of amides is 2. The predicted octanol–water partition coefficient (Wildman–Crippen LogP) is 3.48. The van der Waals surface area contributed by atoms with E-state index in [-0.39, 0.29) is 24.8 Å². The summed E-state index contributed by atoms with van der Waals surface area (Å²) in [6, 6.07) is 12.6. The van der Waals surface area contributed by atoms with Gasteiger partial charge >= 0.3 is 0 Å². The summed E-state index contributed by atoms with van der Waals surface area (Å²) >= 11 is 0. The summed E-state index contributed by atoms with van der Waals surface area (Å²) < 4.78 is 16.3. The van der Waals surface area contributed by atoms with E-state index in [1.54, 1.807) is 43.4 Å². The number of carbonyl (C=O) groups excluding carboxylic acids is 2. The third-order valence-corrected chi connectivity index (χ3v) is 4.78. The largest absolute Gasteiger partial charge is 0.497 e. The number of benzene rings is 2. The van der Waals surface area contributed by atoms with E-state index in [2.05, 4.69) is 5.32 Å². The van der Waals surface area contributed by atoms with Gasteiger partial charge in [-0.1, -0.05) is 19.1 Å². The van der Waals surface area contributed by atoms with E-state index >= 15 is 0 Å². The average molecular weight is 398 g/mol. The SMILES string of the molecule is CCCOc1ccccc1NC(=O)C1CC(=O)N(c2cc(OC)ccc2OC)C1. The molecule has 1 unspecified atom stereocenters. The molecule has 2 aromatic carbocycles. The topological polar surface area (TPSA) is 77.1 Å². The number of ether oxygens (including phenoxy) is 3. The molecule has 1 aliphatic rings. The van der Waals surface area contributed by atoms with E-state index in [4.69, 9.17) is 14.2 Å². The van der Waals surface area contributed by atoms with Crippen LogP contribution in [-0.2, 0) is 9.59 Å². The minimum absolute atomic E-state index is 0.129. The number of carbonyl (C=O) groups is 2. The third kappa shape index (κ3) is 4.62. The van der Waals surface area contributed by atoms with Crippen molar-refractivity contribution in [1.82, 2.24) is 0 Å². The first kappa shape index (κ1) is 20.5. The van der Waals surface area contributed by atoms with Crippen LogP contribution in [0.4, 0.5) is 11.4 Å². The van der Waals surface area contributed by atoms with Crippen molar-refractivity contribution in [2.75, 3.05) is 37.6 Å². The van der Waals surface area contributed by atoms with Crippen molar-refractivity contribution < 1.29 is 23.8 Å². The summed E-state index contributed by atoms with van der Waals surface area (Å²) in [6.07, 6.45) is 1.00. The Morgan fingerprint density at radius 3 is 2.66 bits per heavy atom. The van der Waals surface area contributed by atoms with Gasteiger partial charge in [0.05, 0.1) is 38.1 Å². The van der Waals surface area contributed by atoms with Gasteiger partial charge in [0.1, 0.15) is 17.2 Å². The monoisotopic (exact) mass is 398 g/mol. The van der Waals surface area contributed by atoms with Gasteiger partial charge in [0.25, 0.3) is 0 Å². The highest BCUT2D eigenvalue weighted by Gasteiger charge is 2.36. The van der Waals surface area contributed by atoms with Crippen LogP contribution in [-0.4, -0.2) is 39.2 Å². The predicted molar refractivity (Wildman–Crippen MR) is 111 cm³/mol. The van der Waals surface area contributed by atoms with Crippen molar-refractivity contribution in [3.8, 4) is 17.2 Å². The fraction of sp³-hybridized carbons (Fsp3) is 0.364. The quantitative estimate of drug-likeness (QED) is 0.737. The average Bonchev–Trinajstić information content (AvgIpc) is 3.14. The van der Waals surface area contributed by atoms with Crippen LogP contribution in [0.15, 0.2) is 42.5 Å². The van der Waals surface area contributed by atoms with Gasteiger partial charge in [-0.15, -0.1) is 0 Å². The molecule has 7 heteroatoms. The number of hydrogen-bond donors (Lipinski definition) is 1. The molecule has 154 valence electrons. The van der Waals surface area contributed by atoms with Crippen molar-refractivity contribution >= 4 is 23.2 Å². The first-order chi connectivity index (χ1) is 14.1. The molecule has 0 saturated carbocycles. The van der Waals surface area contributed by atoms with Crippen LogP contribution in [0.1, 0.15) is 19.8 Å². The zero-order chi connectivity index (χ0) is 20.8. The lowest BCUT2D eigenvalue weighted by Crippen LogP contribution is -2.28. The molecule has 0 aliphatic carbocycles. The second kappa shape index (κ2) is 9.32. The van der Waals surface area contributed by atoms with E-state index in [1.807, 2.05) is 25.1 Å². The van der Waals surface area contributed by atoms with Crippen molar-refractivity contribution in [3.63, 3.8) is 0 Å². The third-order valence-electron chi connectivity index (χ3n) is 4.78. The smallest absolute Gasteiger partial charge is 0.229 e. The highest BCUT2D eigenvalue weighted by atomic mass is 16.5. The molecular weight excluding hydrogens is 372 g/mol. The molecule has 29 heavy (non-hydrogen) atoms. The lowest BCUT2D eigenvalue weighted by molar-refractivity contribution is -0.122. The van der Waals surface area contributed by atoms with E-state index in [0.29, 0.717) is 35.2 Å². The summed E-state index contributed by atoms with van der Waals surface area (Å²) in [6.45, 7) is 2.86. The van der Waals surface area contributed by atoms with Gasteiger partial charge < -0.3 is 24.4 Å². The summed E-state index contributed by atoms with van der Waals surface area (Å²) in [4.78, 5) is 27.1. The summed E-state index contributed by atoms with van der Waals surface area (Å²) in [5.74, 6) is 0.973. The zero-order valence-corrected chi connectivity index (χ0v) is 16.9. The molecule has 2 amide bonds. The van der Waals surface area contributed by atoms with E-state index < -0.39 is 5.92 Å². The number of methoxy groups -OCH3 is 2. The lowest BCUT2D eigenvalue weighted by atomic mass is 10.1. The van der Waals surface area contributed by atoms with Crippen LogP contribution in [0.25, 0.3) is 0 Å². The number of para-hydroxylation sites is 2. The fourth-order valence-corrected chi connectivity index (χ4v) is 3.27. The molecule has 1 aliphatic heterocycles. The van der Waals surface area contributed by atoms with Crippen molar-refractivity contribution in [2.45, 2.75) is 19.8 Å². The highest BCUT2D eigenvalue weighted by Crippen LogP contribution is 2.36. The molecule has 0 bridgehead atoms. The lowest BCUT2D eigenvalue weighted by Gasteiger charge is -2.20. The number of hydrogen-bond acceptors (Lipinski definition) is 5. The maximum absolute atomic E-state index is 12.8. The van der Waals surface area contributed by atoms with Crippen LogP contribution in [0, 0.1) is 5.92 Å². The molecular formula is C22H26N2O5. The Labute approximate surface area is 170 Å². The van der Waals surface area contributed by atoms with Gasteiger partial charge in [0, 0.05) is 19.0 Å². The summed E-state index contributed by atoms with van der Waals surface area (Å²) in [7, 11) is 3.11. The zero-order valence-electron chi connectivity index (χ0n) is 16.9. The molecule has 1 saturated heterocycles. The maximum atomic E-state index is 12.8. The molecule has 1 N–H and O–H groups in total. The Kier molecular flexibility index (Phi) is 6.59. The molecule has 1 heterocycles. The molecule has 0 radical (unpaired) electrons. The fourth-order valence-electron chi connectivity index (χ4n) is 3.27. The van der Waals surface area contributed by atoms with Crippen molar-refractivity contribution in [2.24, 2.45) is 5.92 Å². The Morgan fingerprint density at radius 2 is 1.93 bits per heavy atom. The number of nitrogens with one attached hydrogen (secondary N) is 1. The van der Waals surface area contributed by atoms with Gasteiger partial charge in [-0.05, 0) is 30.7 Å². The van der Waals surface area contributed by atoms with E-state index in [0.717, 1.165) is 6.42 Å². The number of rotatable bonds is 8. The Morgan fingerprint density at radius 1 is 1.14 bits per heavy atom. The summed E-state index contributed by atoms with van der Waals surface area (Å²) in [5, 5.41) is 2.91. The molecule has 3 rings (SSSR count). The number of anilines is 2. The van der Waals surface area contributed by atoms with Gasteiger partial charge in [-0.25, -0.2) is 0 Å². The van der Waals surface area contributed by atoms with E-state index in [9.17, 15) is 9.59 Å². The molecule has 1 fully saturated rings. The van der Waals surface area contributed by atoms with Crippen LogP contribution >= 0.6 is 0 Å². The Hall–Kier alpha value is -3.22. The minimum Gasteiger partial charge on any atom is -0.497 e. The maximum Gasteiger partial charge on any atom is 0.229 e. The second-order valence-corrected chi connectivity index (χ2v) is 6.78. The van der Waals surface area contributed by atoms with Gasteiger partial charge in [-0.2, -0.15) is 0 Å². The number of nitrogens with zero attached hydrogens (tertiary/aromatic N) is 1. The van der Waals surface area contributed by atoms with Crippen molar-refractivity contribution in [1.29, 1.82) is 0 Å². The first-order valence-electron chi connectivity index (χ1n) is 9.62. The van der Waals surface area contributed by atoms with Gasteiger partial charge in [0.15, 0.2) is 0 Å². The van der Waals surface area contributed by atoms with E-state index in [1.165, 1.54) is 0 Å². The van der Waals surface area contributed by atoms with Gasteiger partial charge in [-0.3, -0.25) is 9.59 Å². The Bertz CT molecular complexity index is 883. The van der Waals surface area contributed by atoms with Crippen LogP contribution < -0.4 is 24.4 Å². The molecule has 0 aromatic heterocycles.